The number of methoxy groups -OCH3 is 1. The van der Waals surface area contributed by atoms with Crippen molar-refractivity contribution in [3.05, 3.63) is 54.5 Å². The van der Waals surface area contributed by atoms with Gasteiger partial charge in [0.15, 0.2) is 5.69 Å². The lowest BCUT2D eigenvalue weighted by molar-refractivity contribution is 0.414. The molecule has 2 aromatic heterocycles. The molecule has 0 N–H and O–H groups in total. The fourth-order valence-corrected chi connectivity index (χ4v) is 2.05. The lowest BCUT2D eigenvalue weighted by atomic mass is 10.1. The smallest absolute Gasteiger partial charge is 0.191 e. The number of hydrogen-bond acceptors (Lipinski definition) is 5. The molecule has 6 nitrogen and oxygen atoms in total. The number of nitriles is 1. The standard InChI is InChI=1S/C15H11N5O/c1-21-13-4-2-3-12(9-13)20-15(14(10-16)18-19-20)11-5-7-17-8-6-11/h2-9H,1H3. The van der Waals surface area contributed by atoms with Crippen molar-refractivity contribution in [1.29, 1.82) is 5.26 Å². The summed E-state index contributed by atoms with van der Waals surface area (Å²) in [5.41, 5.74) is 2.50. The predicted octanol–water partition coefficient (Wildman–Crippen LogP) is 2.21. The third kappa shape index (κ3) is 2.32. The molecule has 0 bridgehead atoms. The minimum Gasteiger partial charge on any atom is -0.497 e. The van der Waals surface area contributed by atoms with Gasteiger partial charge in [-0.1, -0.05) is 11.3 Å². The monoisotopic (exact) mass is 277 g/mol. The van der Waals surface area contributed by atoms with Crippen molar-refractivity contribution in [2.24, 2.45) is 0 Å². The van der Waals surface area contributed by atoms with Crippen LogP contribution in [0.3, 0.4) is 0 Å². The Kier molecular flexibility index (Phi) is 3.31. The highest BCUT2D eigenvalue weighted by atomic mass is 16.5. The maximum absolute atomic E-state index is 9.23. The van der Waals surface area contributed by atoms with Gasteiger partial charge in [-0.25, -0.2) is 4.68 Å². The second kappa shape index (κ2) is 5.43. The van der Waals surface area contributed by atoms with E-state index in [1.54, 1.807) is 24.2 Å². The van der Waals surface area contributed by atoms with Crippen LogP contribution >= 0.6 is 0 Å². The number of hydrogen-bond donors (Lipinski definition) is 0. The van der Waals surface area contributed by atoms with E-state index in [0.717, 1.165) is 11.3 Å². The number of aromatic nitrogens is 4. The van der Waals surface area contributed by atoms with E-state index in [1.165, 1.54) is 0 Å². The summed E-state index contributed by atoms with van der Waals surface area (Å²) < 4.78 is 6.84. The Bertz CT molecular complexity index is 804. The highest BCUT2D eigenvalue weighted by Crippen LogP contribution is 2.25. The molecular weight excluding hydrogens is 266 g/mol. The van der Waals surface area contributed by atoms with Gasteiger partial charge in [0, 0.05) is 24.0 Å². The molecule has 0 unspecified atom stereocenters. The molecule has 1 aromatic carbocycles. The van der Waals surface area contributed by atoms with Gasteiger partial charge >= 0.3 is 0 Å². The van der Waals surface area contributed by atoms with Crippen LogP contribution in [0.2, 0.25) is 0 Å². The molecule has 0 spiro atoms. The number of benzene rings is 1. The van der Waals surface area contributed by atoms with Crippen LogP contribution in [0.15, 0.2) is 48.8 Å². The second-order valence-corrected chi connectivity index (χ2v) is 4.25. The molecule has 0 saturated heterocycles. The van der Waals surface area contributed by atoms with Crippen LogP contribution in [0.25, 0.3) is 16.9 Å². The zero-order valence-corrected chi connectivity index (χ0v) is 11.3. The average molecular weight is 277 g/mol. The Balaban J connectivity index is 2.20. The van der Waals surface area contributed by atoms with Gasteiger partial charge in [0.25, 0.3) is 0 Å². The summed E-state index contributed by atoms with van der Waals surface area (Å²) in [6, 6.07) is 13.1. The fraction of sp³-hybridized carbons (Fsp3) is 0.0667. The summed E-state index contributed by atoms with van der Waals surface area (Å²) in [4.78, 5) is 3.99. The molecule has 6 heteroatoms. The molecule has 0 radical (unpaired) electrons. The van der Waals surface area contributed by atoms with E-state index in [1.807, 2.05) is 36.4 Å². The molecule has 0 fully saturated rings. The number of ether oxygens (including phenoxy) is 1. The molecule has 3 aromatic rings. The summed E-state index contributed by atoms with van der Waals surface area (Å²) in [7, 11) is 1.60. The summed E-state index contributed by atoms with van der Waals surface area (Å²) in [6.07, 6.45) is 3.33. The maximum atomic E-state index is 9.23. The summed E-state index contributed by atoms with van der Waals surface area (Å²) in [6.45, 7) is 0. The Morgan fingerprint density at radius 2 is 2.00 bits per heavy atom. The van der Waals surface area contributed by atoms with Gasteiger partial charge in [-0.05, 0) is 24.3 Å². The van der Waals surface area contributed by atoms with Gasteiger partial charge < -0.3 is 4.74 Å². The lowest BCUT2D eigenvalue weighted by Gasteiger charge is -2.08. The van der Waals surface area contributed by atoms with Crippen molar-refractivity contribution in [2.45, 2.75) is 0 Å². The first-order valence-corrected chi connectivity index (χ1v) is 6.24. The quantitative estimate of drug-likeness (QED) is 0.733. The molecular formula is C15H11N5O. The van der Waals surface area contributed by atoms with Crippen LogP contribution in [0, 0.1) is 11.3 Å². The van der Waals surface area contributed by atoms with Gasteiger partial charge in [0.1, 0.15) is 17.5 Å². The van der Waals surface area contributed by atoms with E-state index < -0.39 is 0 Å². The maximum Gasteiger partial charge on any atom is 0.191 e. The third-order valence-corrected chi connectivity index (χ3v) is 3.03. The van der Waals surface area contributed by atoms with Crippen molar-refractivity contribution < 1.29 is 4.74 Å². The van der Waals surface area contributed by atoms with Crippen LogP contribution in [0.5, 0.6) is 5.75 Å². The van der Waals surface area contributed by atoms with Gasteiger partial charge in [-0.15, -0.1) is 5.10 Å². The molecule has 0 amide bonds. The third-order valence-electron chi connectivity index (χ3n) is 3.03. The van der Waals surface area contributed by atoms with Gasteiger partial charge in [0.05, 0.1) is 12.8 Å². The van der Waals surface area contributed by atoms with Gasteiger partial charge in [-0.2, -0.15) is 5.26 Å². The molecule has 21 heavy (non-hydrogen) atoms. The Morgan fingerprint density at radius 3 is 2.71 bits per heavy atom. The van der Waals surface area contributed by atoms with Crippen molar-refractivity contribution in [1.82, 2.24) is 20.0 Å². The average Bonchev–Trinajstić information content (AvgIpc) is 2.99. The predicted molar refractivity (Wildman–Crippen MR) is 75.9 cm³/mol. The first-order chi connectivity index (χ1) is 10.3. The molecule has 102 valence electrons. The second-order valence-electron chi connectivity index (χ2n) is 4.25. The first-order valence-electron chi connectivity index (χ1n) is 6.24. The van der Waals surface area contributed by atoms with E-state index in [9.17, 15) is 5.26 Å². The van der Waals surface area contributed by atoms with Crippen molar-refractivity contribution in [2.75, 3.05) is 7.11 Å². The number of pyridine rings is 1. The fourth-order valence-electron chi connectivity index (χ4n) is 2.05. The Labute approximate surface area is 121 Å². The molecule has 0 atom stereocenters. The van der Waals surface area contributed by atoms with Crippen LogP contribution in [0.4, 0.5) is 0 Å². The number of rotatable bonds is 3. The highest BCUT2D eigenvalue weighted by molar-refractivity contribution is 5.66. The van der Waals surface area contributed by atoms with Crippen LogP contribution < -0.4 is 4.74 Å². The summed E-state index contributed by atoms with van der Waals surface area (Å²) >= 11 is 0. The lowest BCUT2D eigenvalue weighted by Crippen LogP contribution is -2.00. The van der Waals surface area contributed by atoms with Crippen LogP contribution in [-0.2, 0) is 0 Å². The van der Waals surface area contributed by atoms with E-state index in [0.29, 0.717) is 11.4 Å². The molecule has 2 heterocycles. The summed E-state index contributed by atoms with van der Waals surface area (Å²) in [5.74, 6) is 0.710. The topological polar surface area (TPSA) is 76.6 Å². The largest absolute Gasteiger partial charge is 0.497 e. The molecule has 0 aliphatic rings. The molecule has 0 saturated carbocycles. The minimum atomic E-state index is 0.268. The van der Waals surface area contributed by atoms with Crippen molar-refractivity contribution in [3.8, 4) is 28.8 Å². The van der Waals surface area contributed by atoms with Crippen LogP contribution in [-0.4, -0.2) is 27.1 Å². The Hall–Kier alpha value is -3.20. The van der Waals surface area contributed by atoms with Gasteiger partial charge in [-0.3, -0.25) is 4.98 Å². The summed E-state index contributed by atoms with van der Waals surface area (Å²) in [5, 5.41) is 17.2. The van der Waals surface area contributed by atoms with Crippen LogP contribution in [0.1, 0.15) is 5.69 Å². The normalized spacial score (nSPS) is 10.1. The van der Waals surface area contributed by atoms with Crippen molar-refractivity contribution in [3.63, 3.8) is 0 Å². The van der Waals surface area contributed by atoms with Crippen molar-refractivity contribution >= 4 is 0 Å². The van der Waals surface area contributed by atoms with E-state index in [-0.39, 0.29) is 5.69 Å². The highest BCUT2D eigenvalue weighted by Gasteiger charge is 2.16. The zero-order chi connectivity index (χ0) is 14.7. The molecule has 0 aliphatic carbocycles. The zero-order valence-electron chi connectivity index (χ0n) is 11.3. The molecule has 3 rings (SSSR count). The van der Waals surface area contributed by atoms with E-state index in [2.05, 4.69) is 21.4 Å². The first kappa shape index (κ1) is 12.8. The number of nitrogens with zero attached hydrogens (tertiary/aromatic N) is 5. The van der Waals surface area contributed by atoms with E-state index in [4.69, 9.17) is 4.74 Å². The van der Waals surface area contributed by atoms with E-state index >= 15 is 0 Å². The Morgan fingerprint density at radius 1 is 1.19 bits per heavy atom. The van der Waals surface area contributed by atoms with Gasteiger partial charge in [0.2, 0.25) is 0 Å². The molecule has 0 aliphatic heterocycles. The SMILES string of the molecule is COc1cccc(-n2nnc(C#N)c2-c2ccncc2)c1. The minimum absolute atomic E-state index is 0.268.